The van der Waals surface area contributed by atoms with Crippen molar-refractivity contribution in [1.29, 1.82) is 0 Å². The average Bonchev–Trinajstić information content (AvgIpc) is 3.35. The lowest BCUT2D eigenvalue weighted by molar-refractivity contribution is -0.274. The third-order valence-corrected chi connectivity index (χ3v) is 5.41. The summed E-state index contributed by atoms with van der Waals surface area (Å²) in [6.45, 7) is 4.62. The van der Waals surface area contributed by atoms with E-state index < -0.39 is 6.36 Å². The fourth-order valence-corrected chi connectivity index (χ4v) is 3.54. The number of hydrogen-bond acceptors (Lipinski definition) is 6. The Labute approximate surface area is 187 Å². The van der Waals surface area contributed by atoms with Crippen LogP contribution in [0.5, 0.6) is 5.75 Å². The van der Waals surface area contributed by atoms with E-state index in [1.807, 2.05) is 29.9 Å². The van der Waals surface area contributed by atoms with Gasteiger partial charge in [0.25, 0.3) is 0 Å². The van der Waals surface area contributed by atoms with Crippen LogP contribution < -0.4 is 9.64 Å². The number of ether oxygens (including phenoxy) is 1. The zero-order chi connectivity index (χ0) is 23.0. The number of aromatic nitrogens is 4. The van der Waals surface area contributed by atoms with Crippen molar-refractivity contribution in [3.8, 4) is 28.6 Å². The summed E-state index contributed by atoms with van der Waals surface area (Å²) in [5, 5.41) is 4.60. The Morgan fingerprint density at radius 3 is 2.48 bits per heavy atom. The summed E-state index contributed by atoms with van der Waals surface area (Å²) in [5.74, 6) is 1.03. The molecule has 4 heterocycles. The number of halogens is 3. The molecule has 0 unspecified atom stereocenters. The number of rotatable bonds is 6. The van der Waals surface area contributed by atoms with Gasteiger partial charge in [-0.25, -0.2) is 9.97 Å². The Morgan fingerprint density at radius 1 is 1.06 bits per heavy atom. The van der Waals surface area contributed by atoms with Crippen molar-refractivity contribution in [1.82, 2.24) is 19.7 Å². The highest BCUT2D eigenvalue weighted by Gasteiger charge is 2.31. The summed E-state index contributed by atoms with van der Waals surface area (Å²) in [7, 11) is 0. The van der Waals surface area contributed by atoms with Gasteiger partial charge in [-0.3, -0.25) is 4.68 Å². The van der Waals surface area contributed by atoms with E-state index in [2.05, 4.69) is 30.8 Å². The molecular formula is C23H20F3N5O2. The second-order valence-corrected chi connectivity index (χ2v) is 7.80. The number of nitrogens with zero attached hydrogens (tertiary/aromatic N) is 5. The molecule has 0 bridgehead atoms. The van der Waals surface area contributed by atoms with Crippen molar-refractivity contribution in [2.24, 2.45) is 0 Å². The van der Waals surface area contributed by atoms with Crippen molar-refractivity contribution in [2.75, 3.05) is 18.0 Å². The van der Waals surface area contributed by atoms with Gasteiger partial charge in [0, 0.05) is 30.5 Å². The van der Waals surface area contributed by atoms with E-state index in [1.54, 1.807) is 0 Å². The summed E-state index contributed by atoms with van der Waals surface area (Å²) in [6.07, 6.45) is -0.212. The van der Waals surface area contributed by atoms with Crippen molar-refractivity contribution in [3.63, 3.8) is 0 Å². The zero-order valence-corrected chi connectivity index (χ0v) is 17.7. The largest absolute Gasteiger partial charge is 0.573 e. The molecule has 7 nitrogen and oxygen atoms in total. The number of aryl methyl sites for hydroxylation is 1. The highest BCUT2D eigenvalue weighted by atomic mass is 19.4. The first kappa shape index (κ1) is 21.0. The number of hydrogen-bond donors (Lipinski definition) is 0. The van der Waals surface area contributed by atoms with Crippen LogP contribution in [0.1, 0.15) is 17.7 Å². The normalized spacial score (nSPS) is 13.8. The van der Waals surface area contributed by atoms with Crippen LogP contribution in [0, 0.1) is 6.92 Å². The van der Waals surface area contributed by atoms with Gasteiger partial charge in [-0.2, -0.15) is 5.10 Å². The Hall–Kier alpha value is -3.82. The van der Waals surface area contributed by atoms with E-state index in [4.69, 9.17) is 4.42 Å². The molecule has 170 valence electrons. The monoisotopic (exact) mass is 455 g/mol. The highest BCUT2D eigenvalue weighted by Crippen LogP contribution is 2.28. The van der Waals surface area contributed by atoms with Gasteiger partial charge < -0.3 is 14.1 Å². The Balaban J connectivity index is 1.29. The van der Waals surface area contributed by atoms with Crippen LogP contribution in [0.4, 0.5) is 19.0 Å². The number of alkyl halides is 3. The number of anilines is 1. The summed E-state index contributed by atoms with van der Waals surface area (Å²) in [4.78, 5) is 11.2. The van der Waals surface area contributed by atoms with E-state index >= 15 is 0 Å². The molecule has 0 N–H and O–H groups in total. The number of oxazole rings is 1. The third-order valence-electron chi connectivity index (χ3n) is 5.41. The summed E-state index contributed by atoms with van der Waals surface area (Å²) in [5.41, 5.74) is 3.63. The van der Waals surface area contributed by atoms with E-state index in [9.17, 15) is 13.2 Å². The fourth-order valence-electron chi connectivity index (χ4n) is 3.54. The average molecular weight is 455 g/mol. The van der Waals surface area contributed by atoms with Crippen LogP contribution in [0.15, 0.2) is 59.3 Å². The first-order valence-corrected chi connectivity index (χ1v) is 10.4. The topological polar surface area (TPSA) is 69.2 Å². The minimum Gasteiger partial charge on any atom is -0.443 e. The summed E-state index contributed by atoms with van der Waals surface area (Å²) >= 11 is 0. The minimum absolute atomic E-state index is 0.295. The second kappa shape index (κ2) is 8.27. The van der Waals surface area contributed by atoms with Crippen LogP contribution in [0.2, 0.25) is 0 Å². The van der Waals surface area contributed by atoms with Gasteiger partial charge in [0.15, 0.2) is 0 Å². The van der Waals surface area contributed by atoms with Crippen LogP contribution >= 0.6 is 0 Å². The molecule has 1 fully saturated rings. The molecule has 0 radical (unpaired) electrons. The summed E-state index contributed by atoms with van der Waals surface area (Å²) < 4.78 is 48.3. The molecule has 4 aromatic rings. The molecule has 1 saturated heterocycles. The third kappa shape index (κ3) is 4.69. The van der Waals surface area contributed by atoms with Crippen LogP contribution in [-0.2, 0) is 6.54 Å². The number of pyridine rings is 1. The molecule has 33 heavy (non-hydrogen) atoms. The standard InChI is InChI=1S/C23H20F3N5O2/c1-15-11-19(29-31(15)13-16-3-8-21(27-12-16)30-9-2-10-30)22-28-20(14-32-22)17-4-6-18(7-5-17)33-23(24,25)26/h3-8,11-12,14H,2,9-10,13H2,1H3. The maximum absolute atomic E-state index is 12.3. The molecular weight excluding hydrogens is 435 g/mol. The Morgan fingerprint density at radius 2 is 1.85 bits per heavy atom. The zero-order valence-electron chi connectivity index (χ0n) is 17.7. The first-order valence-electron chi connectivity index (χ1n) is 10.4. The fraction of sp³-hybridized carbons (Fsp3) is 0.261. The van der Waals surface area contributed by atoms with Crippen molar-refractivity contribution >= 4 is 5.82 Å². The Kier molecular flexibility index (Phi) is 5.27. The first-order chi connectivity index (χ1) is 15.8. The molecule has 0 saturated carbocycles. The summed E-state index contributed by atoms with van der Waals surface area (Å²) in [6, 6.07) is 11.4. The molecule has 1 aliphatic heterocycles. The molecule has 3 aromatic heterocycles. The van der Waals surface area contributed by atoms with Crippen molar-refractivity contribution in [3.05, 3.63) is 66.2 Å². The molecule has 0 spiro atoms. The maximum atomic E-state index is 12.3. The van der Waals surface area contributed by atoms with E-state index in [0.717, 1.165) is 30.2 Å². The molecule has 5 rings (SSSR count). The van der Waals surface area contributed by atoms with Gasteiger partial charge in [0.05, 0.1) is 6.54 Å². The quantitative estimate of drug-likeness (QED) is 0.405. The lowest BCUT2D eigenvalue weighted by Gasteiger charge is -2.31. The number of benzene rings is 1. The molecule has 0 atom stereocenters. The molecule has 1 aromatic carbocycles. The van der Waals surface area contributed by atoms with Gasteiger partial charge >= 0.3 is 6.36 Å². The molecule has 10 heteroatoms. The van der Waals surface area contributed by atoms with Crippen LogP contribution in [0.3, 0.4) is 0 Å². The maximum Gasteiger partial charge on any atom is 0.573 e. The lowest BCUT2D eigenvalue weighted by atomic mass is 10.2. The van der Waals surface area contributed by atoms with Gasteiger partial charge in [0.1, 0.15) is 29.2 Å². The van der Waals surface area contributed by atoms with Crippen LogP contribution in [0.25, 0.3) is 22.8 Å². The smallest absolute Gasteiger partial charge is 0.443 e. The Bertz CT molecular complexity index is 1240. The van der Waals surface area contributed by atoms with E-state index in [0.29, 0.717) is 29.4 Å². The van der Waals surface area contributed by atoms with Gasteiger partial charge in [-0.1, -0.05) is 6.07 Å². The SMILES string of the molecule is Cc1cc(-c2nc(-c3ccc(OC(F)(F)F)cc3)co2)nn1Cc1ccc(N2CCC2)nc1. The van der Waals surface area contributed by atoms with Crippen molar-refractivity contribution < 1.29 is 22.3 Å². The predicted molar refractivity (Wildman–Crippen MR) is 115 cm³/mol. The predicted octanol–water partition coefficient (Wildman–Crippen LogP) is 5.07. The molecule has 0 aliphatic carbocycles. The van der Waals surface area contributed by atoms with E-state index in [-0.39, 0.29) is 5.75 Å². The second-order valence-electron chi connectivity index (χ2n) is 7.80. The minimum atomic E-state index is -4.73. The molecule has 1 aliphatic rings. The lowest BCUT2D eigenvalue weighted by Crippen LogP contribution is -2.37. The highest BCUT2D eigenvalue weighted by molar-refractivity contribution is 5.62. The van der Waals surface area contributed by atoms with Gasteiger partial charge in [0.2, 0.25) is 5.89 Å². The van der Waals surface area contributed by atoms with Crippen LogP contribution in [-0.4, -0.2) is 39.2 Å². The van der Waals surface area contributed by atoms with Gasteiger partial charge in [-0.05, 0) is 55.3 Å². The van der Waals surface area contributed by atoms with Crippen molar-refractivity contribution in [2.45, 2.75) is 26.3 Å². The van der Waals surface area contributed by atoms with Gasteiger partial charge in [-0.15, -0.1) is 13.2 Å². The molecule has 0 amide bonds. The van der Waals surface area contributed by atoms with E-state index in [1.165, 1.54) is 36.9 Å².